The lowest BCUT2D eigenvalue weighted by Gasteiger charge is -2.15. The van der Waals surface area contributed by atoms with Gasteiger partial charge in [-0.15, -0.1) is 12.6 Å². The van der Waals surface area contributed by atoms with Crippen LogP contribution in [0, 0.1) is 10.5 Å². The second kappa shape index (κ2) is 8.17. The minimum Gasteiger partial charge on any atom is -0.449 e. The highest BCUT2D eigenvalue weighted by molar-refractivity contribution is 14.1. The summed E-state index contributed by atoms with van der Waals surface area (Å²) in [5.41, 5.74) is 7.07. The van der Waals surface area contributed by atoms with Crippen LogP contribution in [0.2, 0.25) is 0 Å². The maximum atomic E-state index is 12.3. The molecule has 4 rings (SSSR count). The van der Waals surface area contributed by atoms with Crippen molar-refractivity contribution in [2.75, 3.05) is 6.61 Å². The van der Waals surface area contributed by atoms with Gasteiger partial charge in [-0.2, -0.15) is 0 Å². The molecule has 142 valence electrons. The van der Waals surface area contributed by atoms with Crippen molar-refractivity contribution in [1.82, 2.24) is 5.32 Å². The topological polar surface area (TPSA) is 38.3 Å². The summed E-state index contributed by atoms with van der Waals surface area (Å²) in [6.07, 6.45) is -0.402. The molecule has 0 aromatic heterocycles. The molecule has 0 bridgehead atoms. The minimum absolute atomic E-state index is 0.0709. The Morgan fingerprint density at radius 1 is 1.07 bits per heavy atom. The first-order chi connectivity index (χ1) is 13.5. The fourth-order valence-electron chi connectivity index (χ4n) is 3.72. The summed E-state index contributed by atoms with van der Waals surface area (Å²) in [6.45, 7) is 2.79. The number of ether oxygens (including phenoxy) is 1. The number of hydrogen-bond acceptors (Lipinski definition) is 3. The van der Waals surface area contributed by atoms with Gasteiger partial charge in [0.2, 0.25) is 0 Å². The highest BCUT2D eigenvalue weighted by Crippen LogP contribution is 2.44. The predicted octanol–water partition coefficient (Wildman–Crippen LogP) is 5.93. The number of amides is 1. The molecule has 3 aromatic rings. The molecule has 3 aromatic carbocycles. The number of halogens is 1. The number of hydrogen-bond donors (Lipinski definition) is 2. The monoisotopic (exact) mass is 501 g/mol. The molecule has 0 atom stereocenters. The molecule has 1 amide bonds. The van der Waals surface area contributed by atoms with Crippen LogP contribution in [0.15, 0.2) is 65.6 Å². The van der Waals surface area contributed by atoms with E-state index in [1.165, 1.54) is 22.3 Å². The minimum atomic E-state index is -0.402. The highest BCUT2D eigenvalue weighted by Gasteiger charge is 2.28. The summed E-state index contributed by atoms with van der Waals surface area (Å²) in [7, 11) is 0. The van der Waals surface area contributed by atoms with Gasteiger partial charge in [-0.05, 0) is 75.0 Å². The normalized spacial score (nSPS) is 12.4. The lowest BCUT2D eigenvalue weighted by atomic mass is 9.98. The first-order valence-electron chi connectivity index (χ1n) is 9.11. The lowest BCUT2D eigenvalue weighted by molar-refractivity contribution is 0.142. The molecule has 0 saturated carbocycles. The Morgan fingerprint density at radius 3 is 2.32 bits per heavy atom. The van der Waals surface area contributed by atoms with Crippen LogP contribution in [-0.2, 0) is 11.3 Å². The molecule has 0 heterocycles. The van der Waals surface area contributed by atoms with Crippen molar-refractivity contribution in [3.63, 3.8) is 0 Å². The van der Waals surface area contributed by atoms with Crippen LogP contribution in [0.25, 0.3) is 11.1 Å². The summed E-state index contributed by atoms with van der Waals surface area (Å²) >= 11 is 6.70. The largest absolute Gasteiger partial charge is 0.449 e. The number of carbonyl (C=O) groups is 1. The van der Waals surface area contributed by atoms with Crippen molar-refractivity contribution in [2.45, 2.75) is 24.3 Å². The van der Waals surface area contributed by atoms with Crippen molar-refractivity contribution in [3.8, 4) is 11.1 Å². The third kappa shape index (κ3) is 3.78. The average molecular weight is 501 g/mol. The van der Waals surface area contributed by atoms with Gasteiger partial charge < -0.3 is 10.1 Å². The van der Waals surface area contributed by atoms with E-state index < -0.39 is 6.09 Å². The summed E-state index contributed by atoms with van der Waals surface area (Å²) in [5, 5.41) is 2.87. The standard InChI is InChI=1S/C23H20INO2S/c1-14-15(10-16(28)11-22(14)24)12-25-23(26)27-13-21-19-8-4-2-6-17(19)18-7-3-5-9-20(18)21/h2-11,21,28H,12-13H2,1H3,(H,25,26). The molecule has 1 aliphatic carbocycles. The van der Waals surface area contributed by atoms with Gasteiger partial charge >= 0.3 is 6.09 Å². The molecular weight excluding hydrogens is 481 g/mol. The molecule has 5 heteroatoms. The quantitative estimate of drug-likeness (QED) is 0.344. The molecule has 0 unspecified atom stereocenters. The van der Waals surface area contributed by atoms with Crippen molar-refractivity contribution >= 4 is 41.3 Å². The predicted molar refractivity (Wildman–Crippen MR) is 123 cm³/mol. The Morgan fingerprint density at radius 2 is 1.68 bits per heavy atom. The molecule has 0 radical (unpaired) electrons. The number of carbonyl (C=O) groups excluding carboxylic acids is 1. The maximum Gasteiger partial charge on any atom is 0.407 e. The van der Waals surface area contributed by atoms with Gasteiger partial charge in [-0.3, -0.25) is 0 Å². The Labute approximate surface area is 184 Å². The zero-order valence-corrected chi connectivity index (χ0v) is 18.5. The van der Waals surface area contributed by atoms with E-state index in [0.29, 0.717) is 13.2 Å². The molecule has 0 spiro atoms. The molecule has 1 aliphatic rings. The summed E-state index contributed by atoms with van der Waals surface area (Å²) < 4.78 is 6.72. The van der Waals surface area contributed by atoms with Gasteiger partial charge in [-0.1, -0.05) is 48.5 Å². The van der Waals surface area contributed by atoms with E-state index >= 15 is 0 Å². The highest BCUT2D eigenvalue weighted by atomic mass is 127. The van der Waals surface area contributed by atoms with Crippen molar-refractivity contribution in [2.24, 2.45) is 0 Å². The maximum absolute atomic E-state index is 12.3. The number of rotatable bonds is 4. The van der Waals surface area contributed by atoms with Crippen LogP contribution in [0.3, 0.4) is 0 Å². The number of thiol groups is 1. The fraction of sp³-hybridized carbons (Fsp3) is 0.174. The summed E-state index contributed by atoms with van der Waals surface area (Å²) in [6, 6.07) is 20.6. The van der Waals surface area contributed by atoms with E-state index in [9.17, 15) is 4.79 Å². The third-order valence-corrected chi connectivity index (χ3v) is 6.58. The van der Waals surface area contributed by atoms with Gasteiger partial charge in [0.25, 0.3) is 0 Å². The number of nitrogens with one attached hydrogen (secondary N) is 1. The second-order valence-electron chi connectivity index (χ2n) is 6.89. The van der Waals surface area contributed by atoms with Gasteiger partial charge in [0.05, 0.1) is 0 Å². The van der Waals surface area contributed by atoms with Crippen molar-refractivity contribution in [3.05, 3.63) is 86.5 Å². The molecular formula is C23H20INO2S. The van der Waals surface area contributed by atoms with E-state index in [0.717, 1.165) is 19.6 Å². The lowest BCUT2D eigenvalue weighted by Crippen LogP contribution is -2.26. The van der Waals surface area contributed by atoms with E-state index in [4.69, 9.17) is 4.74 Å². The molecule has 0 saturated heterocycles. The van der Waals surface area contributed by atoms with Gasteiger partial charge in [0.15, 0.2) is 0 Å². The van der Waals surface area contributed by atoms with Crippen molar-refractivity contribution < 1.29 is 9.53 Å². The second-order valence-corrected chi connectivity index (χ2v) is 8.57. The molecule has 28 heavy (non-hydrogen) atoms. The Kier molecular flexibility index (Phi) is 5.64. The van der Waals surface area contributed by atoms with E-state index in [1.807, 2.05) is 43.3 Å². The molecule has 3 nitrogen and oxygen atoms in total. The zero-order valence-electron chi connectivity index (χ0n) is 15.4. The van der Waals surface area contributed by atoms with Crippen LogP contribution in [0.4, 0.5) is 4.79 Å². The SMILES string of the molecule is Cc1c(I)cc(S)cc1CNC(=O)OCC1c2ccccc2-c2ccccc21. The van der Waals surface area contributed by atoms with Crippen molar-refractivity contribution in [1.29, 1.82) is 0 Å². The third-order valence-electron chi connectivity index (χ3n) is 5.20. The van der Waals surface area contributed by atoms with E-state index in [-0.39, 0.29) is 5.92 Å². The fourth-order valence-corrected chi connectivity index (χ4v) is 4.93. The Balaban J connectivity index is 1.43. The van der Waals surface area contributed by atoms with Gasteiger partial charge in [-0.25, -0.2) is 4.79 Å². The smallest absolute Gasteiger partial charge is 0.407 e. The number of benzene rings is 3. The first kappa shape index (κ1) is 19.3. The Hall–Kier alpha value is -1.99. The van der Waals surface area contributed by atoms with Crippen LogP contribution < -0.4 is 5.32 Å². The van der Waals surface area contributed by atoms with Crippen LogP contribution in [0.5, 0.6) is 0 Å². The van der Waals surface area contributed by atoms with Crippen LogP contribution in [-0.4, -0.2) is 12.7 Å². The van der Waals surface area contributed by atoms with Crippen LogP contribution in [0.1, 0.15) is 28.2 Å². The van der Waals surface area contributed by atoms with E-state index in [2.05, 4.69) is 64.8 Å². The molecule has 0 fully saturated rings. The summed E-state index contributed by atoms with van der Waals surface area (Å²) in [4.78, 5) is 13.2. The number of fused-ring (bicyclic) bond motifs is 3. The molecule has 0 aliphatic heterocycles. The summed E-state index contributed by atoms with van der Waals surface area (Å²) in [5.74, 6) is 0.0709. The van der Waals surface area contributed by atoms with E-state index in [1.54, 1.807) is 0 Å². The van der Waals surface area contributed by atoms with Gasteiger partial charge in [0.1, 0.15) is 6.61 Å². The average Bonchev–Trinajstić information content (AvgIpc) is 3.02. The zero-order chi connectivity index (χ0) is 19.7. The first-order valence-corrected chi connectivity index (χ1v) is 10.6. The van der Waals surface area contributed by atoms with Gasteiger partial charge in [0, 0.05) is 20.9 Å². The molecule has 1 N–H and O–H groups in total. The number of alkyl carbamates (subject to hydrolysis) is 1. The van der Waals surface area contributed by atoms with Crippen LogP contribution >= 0.6 is 35.2 Å². The Bertz CT molecular complexity index is 1010.